The second-order valence-electron chi connectivity index (χ2n) is 4.26. The molecule has 1 unspecified atom stereocenters. The molecule has 0 aliphatic carbocycles. The van der Waals surface area contributed by atoms with E-state index in [2.05, 4.69) is 6.58 Å². The van der Waals surface area contributed by atoms with E-state index in [0.29, 0.717) is 0 Å². The maximum atomic E-state index is 10.6. The summed E-state index contributed by atoms with van der Waals surface area (Å²) in [5, 5.41) is 18.1. The zero-order valence-corrected chi connectivity index (χ0v) is 10.5. The summed E-state index contributed by atoms with van der Waals surface area (Å²) in [6, 6.07) is 9.48. The molecule has 0 aromatic heterocycles. The number of benzene rings is 1. The maximum absolute atomic E-state index is 10.6. The van der Waals surface area contributed by atoms with Gasteiger partial charge in [0.15, 0.2) is 0 Å². The van der Waals surface area contributed by atoms with Crippen molar-refractivity contribution in [1.29, 1.82) is 0 Å². The highest BCUT2D eigenvalue weighted by Crippen LogP contribution is 2.26. The minimum Gasteiger partial charge on any atom is -0.481 e. The third kappa shape index (κ3) is 3.98. The molecule has 0 aliphatic heterocycles. The molecule has 0 saturated heterocycles. The molecule has 18 heavy (non-hydrogen) atoms. The van der Waals surface area contributed by atoms with Crippen LogP contribution in [0.1, 0.15) is 24.9 Å². The Morgan fingerprint density at radius 3 is 2.44 bits per heavy atom. The number of carbonyl (C=O) groups is 1. The van der Waals surface area contributed by atoms with E-state index in [1.807, 2.05) is 37.3 Å². The highest BCUT2D eigenvalue weighted by Gasteiger charge is 2.20. The second-order valence-corrected chi connectivity index (χ2v) is 4.26. The average Bonchev–Trinajstić information content (AvgIpc) is 2.34. The van der Waals surface area contributed by atoms with E-state index in [1.54, 1.807) is 4.90 Å². The van der Waals surface area contributed by atoms with Crippen LogP contribution in [0.5, 0.6) is 0 Å². The predicted molar refractivity (Wildman–Crippen MR) is 70.0 cm³/mol. The van der Waals surface area contributed by atoms with Crippen molar-refractivity contribution in [2.45, 2.75) is 19.4 Å². The molecule has 98 valence electrons. The fraction of sp³-hybridized carbons (Fsp3) is 0.357. The first-order chi connectivity index (χ1) is 8.56. The first kappa shape index (κ1) is 14.4. The van der Waals surface area contributed by atoms with Gasteiger partial charge in [-0.05, 0) is 12.5 Å². The van der Waals surface area contributed by atoms with Crippen molar-refractivity contribution in [2.75, 3.05) is 13.3 Å². The topological polar surface area (TPSA) is 60.8 Å². The van der Waals surface area contributed by atoms with Crippen LogP contribution in [0.25, 0.3) is 0 Å². The fourth-order valence-electron chi connectivity index (χ4n) is 1.96. The molecule has 0 fully saturated rings. The molecule has 0 spiro atoms. The summed E-state index contributed by atoms with van der Waals surface area (Å²) in [5.41, 5.74) is 1.88. The van der Waals surface area contributed by atoms with Gasteiger partial charge >= 0.3 is 5.97 Å². The van der Waals surface area contributed by atoms with Crippen LogP contribution in [0.3, 0.4) is 0 Å². The summed E-state index contributed by atoms with van der Waals surface area (Å²) in [6.45, 7) is 5.90. The highest BCUT2D eigenvalue weighted by atomic mass is 16.4. The van der Waals surface area contributed by atoms with Crippen molar-refractivity contribution in [3.63, 3.8) is 0 Å². The summed E-state index contributed by atoms with van der Waals surface area (Å²) < 4.78 is 0. The molecule has 1 aromatic carbocycles. The average molecular weight is 249 g/mol. The van der Waals surface area contributed by atoms with Gasteiger partial charge in [0, 0.05) is 6.54 Å². The summed E-state index contributed by atoms with van der Waals surface area (Å²) >= 11 is 0. The van der Waals surface area contributed by atoms with Gasteiger partial charge in [-0.15, -0.1) is 0 Å². The first-order valence-electron chi connectivity index (χ1n) is 5.83. The smallest absolute Gasteiger partial charge is 0.304 e. The van der Waals surface area contributed by atoms with Crippen LogP contribution in [-0.4, -0.2) is 34.4 Å². The number of carboxylic acid groups (broad SMARTS) is 1. The van der Waals surface area contributed by atoms with Crippen molar-refractivity contribution in [1.82, 2.24) is 4.90 Å². The number of hydrogen-bond acceptors (Lipinski definition) is 3. The Balaban J connectivity index is 2.89. The quantitative estimate of drug-likeness (QED) is 0.573. The summed E-state index contributed by atoms with van der Waals surface area (Å²) in [4.78, 5) is 12.3. The molecule has 4 nitrogen and oxygen atoms in total. The molecule has 4 heteroatoms. The summed E-state index contributed by atoms with van der Waals surface area (Å²) in [6.07, 6.45) is -0.00280. The standard InChI is InChI=1S/C14H19NO3/c1-11(2)14(12-6-4-3-5-7-12)15(10-16)9-8-13(17)18/h3-7,14,16H,1,8-10H2,2H3,(H,17,18). The lowest BCUT2D eigenvalue weighted by Crippen LogP contribution is -2.32. The number of carboxylic acids is 1. The Kier molecular flexibility index (Phi) is 5.55. The van der Waals surface area contributed by atoms with Crippen LogP contribution in [-0.2, 0) is 4.79 Å². The largest absolute Gasteiger partial charge is 0.481 e. The van der Waals surface area contributed by atoms with Crippen LogP contribution in [0.4, 0.5) is 0 Å². The maximum Gasteiger partial charge on any atom is 0.304 e. The zero-order chi connectivity index (χ0) is 13.5. The summed E-state index contributed by atoms with van der Waals surface area (Å²) in [7, 11) is 0. The Hall–Kier alpha value is -1.65. The minimum atomic E-state index is -0.873. The summed E-state index contributed by atoms with van der Waals surface area (Å²) in [5.74, 6) is -0.873. The molecule has 0 amide bonds. The monoisotopic (exact) mass is 249 g/mol. The van der Waals surface area contributed by atoms with E-state index in [0.717, 1.165) is 11.1 Å². The van der Waals surface area contributed by atoms with Gasteiger partial charge in [-0.1, -0.05) is 42.5 Å². The van der Waals surface area contributed by atoms with E-state index in [4.69, 9.17) is 5.11 Å². The van der Waals surface area contributed by atoms with Crippen molar-refractivity contribution in [3.8, 4) is 0 Å². The first-order valence-corrected chi connectivity index (χ1v) is 5.83. The van der Waals surface area contributed by atoms with Gasteiger partial charge in [0.25, 0.3) is 0 Å². The third-order valence-corrected chi connectivity index (χ3v) is 2.74. The number of hydrogen-bond donors (Lipinski definition) is 2. The normalized spacial score (nSPS) is 12.4. The molecule has 1 atom stereocenters. The van der Waals surface area contributed by atoms with Crippen LogP contribution in [0.15, 0.2) is 42.5 Å². The van der Waals surface area contributed by atoms with Crippen molar-refractivity contribution >= 4 is 5.97 Å². The third-order valence-electron chi connectivity index (χ3n) is 2.74. The lowest BCUT2D eigenvalue weighted by Gasteiger charge is -2.30. The number of aliphatic hydroxyl groups excluding tert-OH is 1. The van der Waals surface area contributed by atoms with Gasteiger partial charge in [0.05, 0.1) is 19.2 Å². The van der Waals surface area contributed by atoms with Crippen LogP contribution < -0.4 is 0 Å². The van der Waals surface area contributed by atoms with Crippen LogP contribution in [0, 0.1) is 0 Å². The number of aliphatic carboxylic acids is 1. The van der Waals surface area contributed by atoms with Gasteiger partial charge in [0.1, 0.15) is 0 Å². The van der Waals surface area contributed by atoms with Crippen LogP contribution >= 0.6 is 0 Å². The molecule has 1 aromatic rings. The van der Waals surface area contributed by atoms with Crippen molar-refractivity contribution in [3.05, 3.63) is 48.0 Å². The Morgan fingerprint density at radius 2 is 2.00 bits per heavy atom. The van der Waals surface area contributed by atoms with E-state index in [9.17, 15) is 9.90 Å². The van der Waals surface area contributed by atoms with Gasteiger partial charge in [0.2, 0.25) is 0 Å². The Morgan fingerprint density at radius 1 is 1.39 bits per heavy atom. The van der Waals surface area contributed by atoms with E-state index < -0.39 is 5.97 Å². The molecule has 0 bridgehead atoms. The van der Waals surface area contributed by atoms with Crippen LogP contribution in [0.2, 0.25) is 0 Å². The zero-order valence-electron chi connectivity index (χ0n) is 10.5. The molecule has 0 aliphatic rings. The highest BCUT2D eigenvalue weighted by molar-refractivity contribution is 5.66. The van der Waals surface area contributed by atoms with Gasteiger partial charge in [-0.2, -0.15) is 0 Å². The van der Waals surface area contributed by atoms with Gasteiger partial charge < -0.3 is 10.2 Å². The fourth-order valence-corrected chi connectivity index (χ4v) is 1.96. The van der Waals surface area contributed by atoms with Gasteiger partial charge in [-0.25, -0.2) is 0 Å². The SMILES string of the molecule is C=C(C)C(c1ccccc1)N(CO)CCC(=O)O. The number of nitrogens with zero attached hydrogens (tertiary/aromatic N) is 1. The molecular formula is C14H19NO3. The second kappa shape index (κ2) is 6.93. The molecular weight excluding hydrogens is 230 g/mol. The molecule has 0 radical (unpaired) electrons. The van der Waals surface area contributed by atoms with Crippen molar-refractivity contribution in [2.24, 2.45) is 0 Å². The minimum absolute atomic E-state index is 0.00280. The van der Waals surface area contributed by atoms with Gasteiger partial charge in [-0.3, -0.25) is 9.69 Å². The number of rotatable bonds is 7. The lowest BCUT2D eigenvalue weighted by atomic mass is 9.99. The lowest BCUT2D eigenvalue weighted by molar-refractivity contribution is -0.137. The molecule has 0 saturated carbocycles. The predicted octanol–water partition coefficient (Wildman–Crippen LogP) is 2.03. The molecule has 0 heterocycles. The van der Waals surface area contributed by atoms with E-state index >= 15 is 0 Å². The Bertz CT molecular complexity index is 403. The van der Waals surface area contributed by atoms with E-state index in [-0.39, 0.29) is 25.7 Å². The number of aliphatic hydroxyl groups is 1. The molecule has 2 N–H and O–H groups in total. The van der Waals surface area contributed by atoms with Crippen molar-refractivity contribution < 1.29 is 15.0 Å². The van der Waals surface area contributed by atoms with E-state index in [1.165, 1.54) is 0 Å². The molecule has 1 rings (SSSR count). The Labute approximate surface area is 107 Å².